The summed E-state index contributed by atoms with van der Waals surface area (Å²) in [7, 11) is 0. The van der Waals surface area contributed by atoms with Crippen molar-refractivity contribution in [3.8, 4) is 0 Å². The molecule has 5 heteroatoms. The maximum absolute atomic E-state index is 10.3. The Labute approximate surface area is 164 Å². The van der Waals surface area contributed by atoms with Crippen molar-refractivity contribution in [2.24, 2.45) is 0 Å². The summed E-state index contributed by atoms with van der Waals surface area (Å²) >= 11 is 0. The maximum atomic E-state index is 10.3. The fourth-order valence-corrected chi connectivity index (χ4v) is 2.29. The van der Waals surface area contributed by atoms with Crippen LogP contribution in [0.1, 0.15) is 104 Å². The normalized spacial score (nSPS) is 9.52. The van der Waals surface area contributed by atoms with Gasteiger partial charge < -0.3 is 10.2 Å². The first-order valence-corrected chi connectivity index (χ1v) is 9.52. The van der Waals surface area contributed by atoms with Crippen molar-refractivity contribution in [3.63, 3.8) is 0 Å². The van der Waals surface area contributed by atoms with Gasteiger partial charge in [-0.2, -0.15) is 0 Å². The Morgan fingerprint density at radius 1 is 0.720 bits per heavy atom. The van der Waals surface area contributed by atoms with Gasteiger partial charge in [-0.15, -0.1) is 0 Å². The van der Waals surface area contributed by atoms with E-state index < -0.39 is 11.9 Å². The molecule has 0 aromatic carbocycles. The standard InChI is InChI=1S/C16H32O2.C4H6O2.Cu/c1-2-3-4-5-6-7-8-9-10-11-12-13-14-15-16(17)18;1-3(2)4(5)6;/h2-15H2,1H3,(H,17,18);1H2,2H3,(H,5,6);. The summed E-state index contributed by atoms with van der Waals surface area (Å²) < 4.78 is 0. The smallest absolute Gasteiger partial charge is 0.330 e. The first-order chi connectivity index (χ1) is 11.4. The molecule has 0 aliphatic rings. The van der Waals surface area contributed by atoms with Gasteiger partial charge >= 0.3 is 11.9 Å². The zero-order valence-electron chi connectivity index (χ0n) is 16.1. The van der Waals surface area contributed by atoms with E-state index in [4.69, 9.17) is 10.2 Å². The third-order valence-electron chi connectivity index (χ3n) is 3.86. The van der Waals surface area contributed by atoms with E-state index in [1.807, 2.05) is 0 Å². The van der Waals surface area contributed by atoms with Gasteiger partial charge in [0.2, 0.25) is 0 Å². The van der Waals surface area contributed by atoms with Gasteiger partial charge in [-0.25, -0.2) is 4.79 Å². The van der Waals surface area contributed by atoms with Crippen LogP contribution in [0.2, 0.25) is 0 Å². The molecule has 0 atom stereocenters. The number of carboxylic acids is 2. The monoisotopic (exact) mass is 405 g/mol. The minimum atomic E-state index is -0.935. The molecule has 0 saturated heterocycles. The van der Waals surface area contributed by atoms with Crippen LogP contribution in [0.3, 0.4) is 0 Å². The Kier molecular flexibility index (Phi) is 26.9. The van der Waals surface area contributed by atoms with Crippen LogP contribution in [0.25, 0.3) is 0 Å². The molecule has 25 heavy (non-hydrogen) atoms. The molecule has 0 unspecified atom stereocenters. The van der Waals surface area contributed by atoms with Gasteiger partial charge in [-0.05, 0) is 13.3 Å². The molecule has 0 rings (SSSR count). The average molecular weight is 406 g/mol. The molecule has 1 radical (unpaired) electrons. The number of carbonyl (C=O) groups is 2. The number of hydrogen-bond donors (Lipinski definition) is 2. The summed E-state index contributed by atoms with van der Waals surface area (Å²) in [5.74, 6) is -1.59. The quantitative estimate of drug-likeness (QED) is 0.193. The molecular formula is C20H38CuO4. The maximum Gasteiger partial charge on any atom is 0.330 e. The molecule has 0 aromatic rings. The van der Waals surface area contributed by atoms with Crippen molar-refractivity contribution < 1.29 is 36.9 Å². The molecule has 0 bridgehead atoms. The predicted molar refractivity (Wildman–Crippen MR) is 100 cm³/mol. The molecule has 0 aliphatic carbocycles. The summed E-state index contributed by atoms with van der Waals surface area (Å²) in [5.41, 5.74) is 0.176. The molecule has 153 valence electrons. The van der Waals surface area contributed by atoms with Crippen LogP contribution in [0.5, 0.6) is 0 Å². The van der Waals surface area contributed by atoms with Gasteiger partial charge in [0.1, 0.15) is 0 Å². The Hall–Kier alpha value is -0.801. The first kappa shape index (κ1) is 29.0. The van der Waals surface area contributed by atoms with Crippen molar-refractivity contribution in [1.29, 1.82) is 0 Å². The van der Waals surface area contributed by atoms with Crippen LogP contribution in [0.15, 0.2) is 12.2 Å². The van der Waals surface area contributed by atoms with Crippen molar-refractivity contribution in [1.82, 2.24) is 0 Å². The molecule has 0 heterocycles. The van der Waals surface area contributed by atoms with E-state index in [9.17, 15) is 9.59 Å². The van der Waals surface area contributed by atoms with E-state index in [1.54, 1.807) is 0 Å². The summed E-state index contributed by atoms with van der Waals surface area (Å²) in [6.45, 7) is 6.86. The molecule has 0 aliphatic heterocycles. The largest absolute Gasteiger partial charge is 0.481 e. The van der Waals surface area contributed by atoms with Crippen molar-refractivity contribution in [2.75, 3.05) is 0 Å². The van der Waals surface area contributed by atoms with Crippen molar-refractivity contribution in [3.05, 3.63) is 12.2 Å². The molecule has 0 amide bonds. The van der Waals surface area contributed by atoms with Crippen LogP contribution in [0.4, 0.5) is 0 Å². The average Bonchev–Trinajstić information content (AvgIpc) is 2.52. The topological polar surface area (TPSA) is 74.6 Å². The molecule has 0 aromatic heterocycles. The third-order valence-corrected chi connectivity index (χ3v) is 3.86. The SMILES string of the molecule is C=C(C)C(=O)O.CCCCCCCCCCCCCCCC(=O)O.[Cu]. The summed E-state index contributed by atoms with van der Waals surface area (Å²) in [6, 6.07) is 0. The van der Waals surface area contributed by atoms with Crippen molar-refractivity contribution >= 4 is 11.9 Å². The summed E-state index contributed by atoms with van der Waals surface area (Å²) in [4.78, 5) is 19.9. The zero-order chi connectivity index (χ0) is 18.6. The van der Waals surface area contributed by atoms with Gasteiger partial charge in [0.25, 0.3) is 0 Å². The summed E-state index contributed by atoms with van der Waals surface area (Å²) in [5, 5.41) is 16.4. The van der Waals surface area contributed by atoms with E-state index in [-0.39, 0.29) is 22.6 Å². The molecule has 0 saturated carbocycles. The number of carboxylic acid groups (broad SMARTS) is 2. The molecule has 0 fully saturated rings. The van der Waals surface area contributed by atoms with Gasteiger partial charge in [-0.1, -0.05) is 90.6 Å². The molecule has 2 N–H and O–H groups in total. The van der Waals surface area contributed by atoms with E-state index >= 15 is 0 Å². The molecule has 4 nitrogen and oxygen atoms in total. The molecular weight excluding hydrogens is 368 g/mol. The van der Waals surface area contributed by atoms with Crippen LogP contribution < -0.4 is 0 Å². The second-order valence-electron chi connectivity index (χ2n) is 6.47. The van der Waals surface area contributed by atoms with Gasteiger partial charge in [0.05, 0.1) is 0 Å². The fourth-order valence-electron chi connectivity index (χ4n) is 2.29. The van der Waals surface area contributed by atoms with Gasteiger partial charge in [0, 0.05) is 29.1 Å². The minimum absolute atomic E-state index is 0. The second-order valence-corrected chi connectivity index (χ2v) is 6.47. The van der Waals surface area contributed by atoms with Crippen LogP contribution >= 0.6 is 0 Å². The Morgan fingerprint density at radius 3 is 1.24 bits per heavy atom. The van der Waals surface area contributed by atoms with E-state index in [2.05, 4.69) is 13.5 Å². The van der Waals surface area contributed by atoms with Gasteiger partial charge in [0.15, 0.2) is 0 Å². The Bertz CT molecular complexity index is 318. The van der Waals surface area contributed by atoms with E-state index in [0.29, 0.717) is 6.42 Å². The number of rotatable bonds is 15. The Balaban J connectivity index is -0.000000592. The van der Waals surface area contributed by atoms with Crippen LogP contribution in [0, 0.1) is 0 Å². The van der Waals surface area contributed by atoms with Crippen LogP contribution in [-0.2, 0) is 26.7 Å². The zero-order valence-corrected chi connectivity index (χ0v) is 17.1. The second kappa shape index (κ2) is 23.2. The third kappa shape index (κ3) is 31.5. The minimum Gasteiger partial charge on any atom is -0.481 e. The number of hydrogen-bond acceptors (Lipinski definition) is 2. The van der Waals surface area contributed by atoms with Crippen LogP contribution in [-0.4, -0.2) is 22.2 Å². The number of unbranched alkanes of at least 4 members (excludes halogenated alkanes) is 12. The Morgan fingerprint density at radius 2 is 1.00 bits per heavy atom. The number of aliphatic carboxylic acids is 2. The van der Waals surface area contributed by atoms with E-state index in [0.717, 1.165) is 12.8 Å². The predicted octanol–water partition coefficient (Wildman–Crippen LogP) is 6.20. The van der Waals surface area contributed by atoms with Gasteiger partial charge in [-0.3, -0.25) is 4.79 Å². The molecule has 0 spiro atoms. The first-order valence-electron chi connectivity index (χ1n) is 9.52. The fraction of sp³-hybridized carbons (Fsp3) is 0.800. The summed E-state index contributed by atoms with van der Waals surface area (Å²) in [6.07, 6.45) is 17.3. The van der Waals surface area contributed by atoms with Crippen molar-refractivity contribution in [2.45, 2.75) is 104 Å². The van der Waals surface area contributed by atoms with E-state index in [1.165, 1.54) is 77.6 Å².